The molecule has 3 nitrogen and oxygen atoms in total. The van der Waals surface area contributed by atoms with Gasteiger partial charge < -0.3 is 4.74 Å². The maximum absolute atomic E-state index is 13.0. The van der Waals surface area contributed by atoms with E-state index in [1.807, 2.05) is 0 Å². The summed E-state index contributed by atoms with van der Waals surface area (Å²) in [5.74, 6) is 3.47. The third-order valence-electron chi connectivity index (χ3n) is 9.26. The molecule has 0 saturated heterocycles. The van der Waals surface area contributed by atoms with Crippen LogP contribution in [0.3, 0.4) is 0 Å². The average molecular weight is 361 g/mol. The molecule has 3 heteroatoms. The summed E-state index contributed by atoms with van der Waals surface area (Å²) in [6.07, 6.45) is 10.6. The van der Waals surface area contributed by atoms with E-state index in [1.165, 1.54) is 39.0 Å². The maximum atomic E-state index is 13.0. The van der Waals surface area contributed by atoms with E-state index >= 15 is 0 Å². The Labute approximate surface area is 158 Å². The molecule has 0 heterocycles. The monoisotopic (exact) mass is 360 g/mol. The number of esters is 1. The second kappa shape index (κ2) is 6.34. The Morgan fingerprint density at radius 1 is 1.00 bits per heavy atom. The average Bonchev–Trinajstić information content (AvgIpc) is 2.58. The van der Waals surface area contributed by atoms with E-state index in [2.05, 4.69) is 20.8 Å². The van der Waals surface area contributed by atoms with Gasteiger partial charge in [-0.2, -0.15) is 0 Å². The molecule has 0 bridgehead atoms. The highest BCUT2D eigenvalue weighted by Crippen LogP contribution is 2.65. The molecule has 0 N–H and O–H groups in total. The van der Waals surface area contributed by atoms with Crippen LogP contribution in [-0.2, 0) is 14.3 Å². The lowest BCUT2D eigenvalue weighted by molar-refractivity contribution is -0.168. The molecule has 0 aromatic heterocycles. The number of Topliss-reactive ketones (excluding diaryl/α,β-unsaturated/α-hetero) is 1. The molecule has 0 aliphatic heterocycles. The van der Waals surface area contributed by atoms with Gasteiger partial charge in [0.1, 0.15) is 11.9 Å². The van der Waals surface area contributed by atoms with Gasteiger partial charge >= 0.3 is 5.97 Å². The van der Waals surface area contributed by atoms with E-state index < -0.39 is 0 Å². The summed E-state index contributed by atoms with van der Waals surface area (Å²) in [6.45, 7) is 8.49. The second-order valence-electron chi connectivity index (χ2n) is 10.5. The lowest BCUT2D eigenvalue weighted by Crippen LogP contribution is -2.57. The van der Waals surface area contributed by atoms with Gasteiger partial charge in [-0.05, 0) is 86.9 Å². The Morgan fingerprint density at radius 2 is 1.77 bits per heavy atom. The minimum absolute atomic E-state index is 0.0586. The Morgan fingerprint density at radius 3 is 2.50 bits per heavy atom. The van der Waals surface area contributed by atoms with Crippen LogP contribution >= 0.6 is 0 Å². The third-order valence-corrected chi connectivity index (χ3v) is 9.26. The van der Waals surface area contributed by atoms with E-state index in [9.17, 15) is 9.59 Å². The first kappa shape index (κ1) is 18.5. The summed E-state index contributed by atoms with van der Waals surface area (Å²) < 4.78 is 5.57. The van der Waals surface area contributed by atoms with Crippen LogP contribution in [0.15, 0.2) is 0 Å². The van der Waals surface area contributed by atoms with Gasteiger partial charge in [-0.1, -0.05) is 20.8 Å². The zero-order valence-electron chi connectivity index (χ0n) is 17.1. The Kier molecular flexibility index (Phi) is 4.51. The fourth-order valence-corrected chi connectivity index (χ4v) is 7.84. The van der Waals surface area contributed by atoms with Crippen molar-refractivity contribution in [1.29, 1.82) is 0 Å². The second-order valence-corrected chi connectivity index (χ2v) is 10.5. The van der Waals surface area contributed by atoms with Crippen LogP contribution in [-0.4, -0.2) is 17.9 Å². The predicted molar refractivity (Wildman–Crippen MR) is 101 cm³/mol. The number of rotatable bonds is 1. The van der Waals surface area contributed by atoms with Crippen molar-refractivity contribution >= 4 is 11.8 Å². The van der Waals surface area contributed by atoms with Gasteiger partial charge in [0.05, 0.1) is 0 Å². The van der Waals surface area contributed by atoms with Crippen molar-refractivity contribution < 1.29 is 14.3 Å². The van der Waals surface area contributed by atoms with Gasteiger partial charge in [-0.15, -0.1) is 0 Å². The first-order valence-electron chi connectivity index (χ1n) is 11.0. The van der Waals surface area contributed by atoms with Crippen LogP contribution in [0.2, 0.25) is 0 Å². The van der Waals surface area contributed by atoms with Crippen molar-refractivity contribution in [3.05, 3.63) is 0 Å². The molecule has 4 rings (SSSR count). The van der Waals surface area contributed by atoms with Crippen molar-refractivity contribution in [3.8, 4) is 0 Å². The summed E-state index contributed by atoms with van der Waals surface area (Å²) in [7, 11) is 0. The number of ether oxygens (including phenoxy) is 1. The minimum Gasteiger partial charge on any atom is -0.463 e. The van der Waals surface area contributed by atoms with Crippen LogP contribution < -0.4 is 0 Å². The molecule has 0 aromatic carbocycles. The van der Waals surface area contributed by atoms with E-state index in [4.69, 9.17) is 4.74 Å². The molecule has 0 amide bonds. The third kappa shape index (κ3) is 2.67. The van der Waals surface area contributed by atoms with Crippen molar-refractivity contribution in [2.24, 2.45) is 40.4 Å². The van der Waals surface area contributed by atoms with E-state index in [1.54, 1.807) is 0 Å². The summed E-state index contributed by atoms with van der Waals surface area (Å²) in [6, 6.07) is 0. The van der Waals surface area contributed by atoms with Gasteiger partial charge in [0.2, 0.25) is 0 Å². The molecule has 4 aliphatic carbocycles. The zero-order valence-corrected chi connectivity index (χ0v) is 17.1. The molecule has 0 spiro atoms. The lowest BCUT2D eigenvalue weighted by Gasteiger charge is -2.62. The van der Waals surface area contributed by atoms with E-state index in [0.29, 0.717) is 23.0 Å². The van der Waals surface area contributed by atoms with Gasteiger partial charge in [-0.3, -0.25) is 9.59 Å². The van der Waals surface area contributed by atoms with Crippen molar-refractivity contribution in [3.63, 3.8) is 0 Å². The fourth-order valence-electron chi connectivity index (χ4n) is 7.84. The largest absolute Gasteiger partial charge is 0.463 e. The molecule has 0 aromatic rings. The summed E-state index contributed by atoms with van der Waals surface area (Å²) in [4.78, 5) is 24.4. The molecule has 4 fully saturated rings. The molecule has 146 valence electrons. The first-order chi connectivity index (χ1) is 12.3. The molecule has 4 saturated carbocycles. The summed E-state index contributed by atoms with van der Waals surface area (Å²) >= 11 is 0. The predicted octanol–water partition coefficient (Wildman–Crippen LogP) is 5.17. The Hall–Kier alpha value is -0.860. The minimum atomic E-state index is -0.129. The van der Waals surface area contributed by atoms with Gasteiger partial charge in [-0.25, -0.2) is 0 Å². The Balaban J connectivity index is 1.55. The standard InChI is InChI=1S/C23H36O3/c1-14-5-8-19-18-7-6-16-13-17(26-15(2)24)9-11-22(16,3)20(18)10-12-23(19,4)21(14)25/h14,16-20H,5-13H2,1-4H3/t14-,16-,17-,18?,19-,20?,22-,23-/m0/s1. The lowest BCUT2D eigenvalue weighted by atomic mass is 9.42. The molecular formula is C23H36O3. The SMILES string of the molecule is CC(=O)O[C@H]1CC[C@]2(C)C3CC[C@]4(C)C(=O)[C@@H](C)CC[C@H]4C3CC[C@H]2C1. The molecule has 4 aliphatic rings. The van der Waals surface area contributed by atoms with Crippen molar-refractivity contribution in [2.75, 3.05) is 0 Å². The highest BCUT2D eigenvalue weighted by molar-refractivity contribution is 5.87. The van der Waals surface area contributed by atoms with Crippen LogP contribution in [0.25, 0.3) is 0 Å². The van der Waals surface area contributed by atoms with Crippen LogP contribution in [0.1, 0.15) is 85.5 Å². The number of ketones is 1. The van der Waals surface area contributed by atoms with Gasteiger partial charge in [0.15, 0.2) is 0 Å². The maximum Gasteiger partial charge on any atom is 0.302 e. The number of fused-ring (bicyclic) bond motifs is 5. The number of carbonyl (C=O) groups excluding carboxylic acids is 2. The van der Waals surface area contributed by atoms with Crippen LogP contribution in [0, 0.1) is 40.4 Å². The molecule has 26 heavy (non-hydrogen) atoms. The van der Waals surface area contributed by atoms with E-state index in [0.717, 1.165) is 37.5 Å². The molecule has 0 radical (unpaired) electrons. The normalized spacial score (nSPS) is 51.0. The van der Waals surface area contributed by atoms with Gasteiger partial charge in [0, 0.05) is 18.3 Å². The fraction of sp³-hybridized carbons (Fsp3) is 0.913. The quantitative estimate of drug-likeness (QED) is 0.606. The zero-order chi connectivity index (χ0) is 18.7. The summed E-state index contributed by atoms with van der Waals surface area (Å²) in [5.41, 5.74) is 0.323. The highest BCUT2D eigenvalue weighted by Gasteiger charge is 2.60. The van der Waals surface area contributed by atoms with Gasteiger partial charge in [0.25, 0.3) is 0 Å². The highest BCUT2D eigenvalue weighted by atomic mass is 16.5. The first-order valence-corrected chi connectivity index (χ1v) is 11.0. The van der Waals surface area contributed by atoms with Crippen molar-refractivity contribution in [1.82, 2.24) is 0 Å². The van der Waals surface area contributed by atoms with Crippen molar-refractivity contribution in [2.45, 2.75) is 91.6 Å². The Bertz CT molecular complexity index is 598. The topological polar surface area (TPSA) is 43.4 Å². The van der Waals surface area contributed by atoms with Crippen LogP contribution in [0.4, 0.5) is 0 Å². The number of hydrogen-bond donors (Lipinski definition) is 0. The molecule has 2 unspecified atom stereocenters. The van der Waals surface area contributed by atoms with E-state index in [-0.39, 0.29) is 23.4 Å². The van der Waals surface area contributed by atoms with Crippen LogP contribution in [0.5, 0.6) is 0 Å². The smallest absolute Gasteiger partial charge is 0.302 e. The molecule has 8 atom stereocenters. The number of hydrogen-bond acceptors (Lipinski definition) is 3. The molecular weight excluding hydrogens is 324 g/mol. The summed E-state index contributed by atoms with van der Waals surface area (Å²) in [5, 5.41) is 0. The number of carbonyl (C=O) groups is 2.